The molecular weight excluding hydrogens is 360 g/mol. The molecule has 0 radical (unpaired) electrons. The fourth-order valence-electron chi connectivity index (χ4n) is 3.29. The first kappa shape index (κ1) is 22.1. The summed E-state index contributed by atoms with van der Waals surface area (Å²) in [4.78, 5) is 11.3. The molecule has 3 unspecified atom stereocenters. The minimum atomic E-state index is 0.0342. The van der Waals surface area contributed by atoms with Crippen molar-refractivity contribution < 1.29 is 9.47 Å². The first-order valence-electron chi connectivity index (χ1n) is 9.86. The molecule has 1 fully saturated rings. The van der Waals surface area contributed by atoms with Gasteiger partial charge in [-0.25, -0.2) is 4.98 Å². The number of ether oxygens (including phenoxy) is 2. The van der Waals surface area contributed by atoms with Gasteiger partial charge in [-0.05, 0) is 19.8 Å². The third-order valence-electron chi connectivity index (χ3n) is 5.54. The summed E-state index contributed by atoms with van der Waals surface area (Å²) in [6, 6.07) is 0.366. The zero-order valence-corrected chi connectivity index (χ0v) is 18.7. The smallest absolute Gasteiger partial charge is 0.193 e. The summed E-state index contributed by atoms with van der Waals surface area (Å²) in [5.74, 6) is 0.898. The van der Waals surface area contributed by atoms with Crippen molar-refractivity contribution in [2.24, 2.45) is 10.4 Å². The van der Waals surface area contributed by atoms with Gasteiger partial charge in [-0.15, -0.1) is 11.3 Å². The average molecular weight is 397 g/mol. The first-order chi connectivity index (χ1) is 12.8. The van der Waals surface area contributed by atoms with Crippen LogP contribution in [0.3, 0.4) is 0 Å². The van der Waals surface area contributed by atoms with Gasteiger partial charge >= 0.3 is 0 Å². The second kappa shape index (κ2) is 9.85. The number of thiazole rings is 1. The maximum absolute atomic E-state index is 6.06. The third kappa shape index (κ3) is 5.42. The molecule has 1 aromatic rings. The summed E-state index contributed by atoms with van der Waals surface area (Å²) < 4.78 is 11.4. The fraction of sp³-hybridized carbons (Fsp3) is 0.800. The Morgan fingerprint density at radius 3 is 2.85 bits per heavy atom. The van der Waals surface area contributed by atoms with E-state index in [0.29, 0.717) is 12.1 Å². The normalized spacial score (nSPS) is 23.0. The number of nitrogens with one attached hydrogen (secondary N) is 1. The van der Waals surface area contributed by atoms with Gasteiger partial charge in [0, 0.05) is 44.6 Å². The second-order valence-electron chi connectivity index (χ2n) is 7.93. The predicted octanol–water partition coefficient (Wildman–Crippen LogP) is 3.84. The lowest BCUT2D eigenvalue weighted by molar-refractivity contribution is -0.114. The number of hydrogen-bond acceptors (Lipinski definition) is 5. The lowest BCUT2D eigenvalue weighted by atomic mass is 9.64. The molecular formula is C20H36N4O2S. The highest BCUT2D eigenvalue weighted by Gasteiger charge is 2.49. The van der Waals surface area contributed by atoms with E-state index in [9.17, 15) is 0 Å². The van der Waals surface area contributed by atoms with Crippen LogP contribution in [0, 0.1) is 5.41 Å². The van der Waals surface area contributed by atoms with Crippen molar-refractivity contribution >= 4 is 17.3 Å². The summed E-state index contributed by atoms with van der Waals surface area (Å²) in [5.41, 5.74) is 1.14. The number of rotatable bonds is 9. The van der Waals surface area contributed by atoms with Crippen molar-refractivity contribution in [2.45, 2.75) is 71.8 Å². The van der Waals surface area contributed by atoms with E-state index in [4.69, 9.17) is 9.47 Å². The van der Waals surface area contributed by atoms with E-state index >= 15 is 0 Å². The van der Waals surface area contributed by atoms with E-state index in [2.05, 4.69) is 53.4 Å². The van der Waals surface area contributed by atoms with Gasteiger partial charge in [-0.3, -0.25) is 4.99 Å². The van der Waals surface area contributed by atoms with E-state index in [1.165, 1.54) is 6.42 Å². The highest BCUT2D eigenvalue weighted by Crippen LogP contribution is 2.43. The van der Waals surface area contributed by atoms with Crippen LogP contribution in [0.5, 0.6) is 0 Å². The third-order valence-corrected chi connectivity index (χ3v) is 6.60. The Morgan fingerprint density at radius 1 is 1.52 bits per heavy atom. The molecule has 2 rings (SSSR count). The van der Waals surface area contributed by atoms with Crippen LogP contribution in [0.2, 0.25) is 0 Å². The molecule has 7 heteroatoms. The number of methoxy groups -OCH3 is 1. The standard InChI is InChI=1S/C20H36N4O2S/c1-8-9-10-26-17-11-16(20(17,3)4)23-19(21-5)24(6)12-15-13-27-18(22-15)14(2)25-7/h13-14,16-17H,8-12H2,1-7H3,(H,21,23). The SMILES string of the molecule is CCCCOC1CC(NC(=NC)N(C)Cc2csc(C(C)OC)n2)C1(C)C. The quantitative estimate of drug-likeness (QED) is 0.390. The maximum atomic E-state index is 6.06. The van der Waals surface area contributed by atoms with Crippen molar-refractivity contribution in [3.05, 3.63) is 16.1 Å². The molecule has 154 valence electrons. The number of guanidine groups is 1. The van der Waals surface area contributed by atoms with Crippen molar-refractivity contribution in [2.75, 3.05) is 27.8 Å². The number of unbranched alkanes of at least 4 members (excludes halogenated alkanes) is 1. The van der Waals surface area contributed by atoms with Crippen LogP contribution in [0.4, 0.5) is 0 Å². The minimum absolute atomic E-state index is 0.0342. The Hall–Kier alpha value is -1.18. The highest BCUT2D eigenvalue weighted by atomic mass is 32.1. The lowest BCUT2D eigenvalue weighted by Gasteiger charge is -2.52. The van der Waals surface area contributed by atoms with E-state index in [-0.39, 0.29) is 11.5 Å². The maximum Gasteiger partial charge on any atom is 0.193 e. The second-order valence-corrected chi connectivity index (χ2v) is 8.81. The van der Waals surface area contributed by atoms with Crippen molar-refractivity contribution in [3.8, 4) is 0 Å². The molecule has 27 heavy (non-hydrogen) atoms. The summed E-state index contributed by atoms with van der Waals surface area (Å²) in [7, 11) is 5.59. The number of aliphatic imine (C=N–C) groups is 1. The average Bonchev–Trinajstić information content (AvgIpc) is 3.11. The Kier molecular flexibility index (Phi) is 8.06. The molecule has 0 spiro atoms. The molecule has 3 atom stereocenters. The highest BCUT2D eigenvalue weighted by molar-refractivity contribution is 7.09. The molecule has 1 aliphatic rings. The van der Waals surface area contributed by atoms with Crippen molar-refractivity contribution in [3.63, 3.8) is 0 Å². The Bertz CT molecular complexity index is 617. The van der Waals surface area contributed by atoms with E-state index in [1.54, 1.807) is 18.4 Å². The topological polar surface area (TPSA) is 59.0 Å². The van der Waals surface area contributed by atoms with E-state index in [1.807, 2.05) is 14.0 Å². The van der Waals surface area contributed by atoms with E-state index in [0.717, 1.165) is 42.7 Å². The zero-order chi connectivity index (χ0) is 20.0. The minimum Gasteiger partial charge on any atom is -0.378 e. The van der Waals surface area contributed by atoms with Gasteiger partial charge < -0.3 is 19.7 Å². The summed E-state index contributed by atoms with van der Waals surface area (Å²) in [6.07, 6.45) is 3.68. The van der Waals surface area contributed by atoms with Crippen molar-refractivity contribution in [1.29, 1.82) is 0 Å². The van der Waals surface area contributed by atoms with Gasteiger partial charge in [0.15, 0.2) is 5.96 Å². The predicted molar refractivity (Wildman–Crippen MR) is 112 cm³/mol. The molecule has 0 aliphatic heterocycles. The number of hydrogen-bond donors (Lipinski definition) is 1. The van der Waals surface area contributed by atoms with Crippen LogP contribution in [-0.4, -0.2) is 55.8 Å². The van der Waals surface area contributed by atoms with E-state index < -0.39 is 0 Å². The van der Waals surface area contributed by atoms with Gasteiger partial charge in [0.05, 0.1) is 18.3 Å². The van der Waals surface area contributed by atoms with Crippen LogP contribution in [0.15, 0.2) is 10.4 Å². The Morgan fingerprint density at radius 2 is 2.26 bits per heavy atom. The van der Waals surface area contributed by atoms with Gasteiger partial charge in [0.1, 0.15) is 11.1 Å². The van der Waals surface area contributed by atoms with Gasteiger partial charge in [-0.2, -0.15) is 0 Å². The lowest BCUT2D eigenvalue weighted by Crippen LogP contribution is -2.63. The van der Waals surface area contributed by atoms with Crippen LogP contribution >= 0.6 is 11.3 Å². The summed E-state index contributed by atoms with van der Waals surface area (Å²) in [6.45, 7) is 10.3. The zero-order valence-electron chi connectivity index (χ0n) is 17.9. The Balaban J connectivity index is 1.89. The first-order valence-corrected chi connectivity index (χ1v) is 10.7. The van der Waals surface area contributed by atoms with Gasteiger partial charge in [-0.1, -0.05) is 27.2 Å². The molecule has 0 saturated heterocycles. The van der Waals surface area contributed by atoms with Gasteiger partial charge in [0.25, 0.3) is 0 Å². The summed E-state index contributed by atoms with van der Waals surface area (Å²) in [5, 5.41) is 6.73. The number of nitrogens with zero attached hydrogens (tertiary/aromatic N) is 3. The molecule has 1 aliphatic carbocycles. The Labute approximate surface area is 168 Å². The van der Waals surface area contributed by atoms with Crippen LogP contribution in [-0.2, 0) is 16.0 Å². The van der Waals surface area contributed by atoms with Gasteiger partial charge in [0.2, 0.25) is 0 Å². The molecule has 0 amide bonds. The molecule has 1 saturated carbocycles. The molecule has 6 nitrogen and oxygen atoms in total. The molecule has 1 heterocycles. The molecule has 0 aromatic carbocycles. The molecule has 1 aromatic heterocycles. The molecule has 0 bridgehead atoms. The van der Waals surface area contributed by atoms with Crippen molar-refractivity contribution in [1.82, 2.24) is 15.2 Å². The number of aromatic nitrogens is 1. The fourth-order valence-corrected chi connectivity index (χ4v) is 4.13. The molecule has 1 N–H and O–H groups in total. The van der Waals surface area contributed by atoms with Crippen LogP contribution in [0.1, 0.15) is 63.8 Å². The van der Waals surface area contributed by atoms with Crippen LogP contribution in [0.25, 0.3) is 0 Å². The summed E-state index contributed by atoms with van der Waals surface area (Å²) >= 11 is 1.64. The largest absolute Gasteiger partial charge is 0.378 e. The van der Waals surface area contributed by atoms with Crippen LogP contribution < -0.4 is 5.32 Å². The monoisotopic (exact) mass is 396 g/mol.